The molecule has 1 aliphatic rings. The zero-order valence-electron chi connectivity index (χ0n) is 38.1. The number of rotatable bonds is 19. The standard InChI is InChI=1S/C43H70BrN7O10/c1-23(2)19-29(47-35(53)26-16-17-28(44)27(20-26)22-45)36(54)48-30(21-32(52)61-43(11,12)13)37(55)49-33(25(4)60-42(8,9)10)38(56)46-24(3)34(39(57)50-41(5,6)7)51-18-14-15-31(51)40(58)59/h16-17,20,23-25,29-31,33-34H,14-15,18-19,21-22,45H2,1-13H3,(H,46,56)(H,47,53)(H,48,54)(H,49,55)(H,50,57)(H,58,59)/t24-,25+,29-,30-,31-,33-,34-/m0/s1. The first-order chi connectivity index (χ1) is 27.9. The molecule has 2 rings (SSSR count). The Morgan fingerprint density at radius 1 is 0.836 bits per heavy atom. The smallest absolute Gasteiger partial charge is 0.320 e. The first-order valence-electron chi connectivity index (χ1n) is 20.8. The molecule has 0 bridgehead atoms. The van der Waals surface area contributed by atoms with Crippen LogP contribution >= 0.6 is 15.9 Å². The van der Waals surface area contributed by atoms with E-state index in [1.165, 1.54) is 0 Å². The number of ether oxygens (including phenoxy) is 2. The van der Waals surface area contributed by atoms with Gasteiger partial charge in [-0.25, -0.2) is 0 Å². The number of nitrogens with one attached hydrogen (secondary N) is 5. The minimum Gasteiger partial charge on any atom is -0.480 e. The molecule has 1 aromatic carbocycles. The lowest BCUT2D eigenvalue weighted by Crippen LogP contribution is -2.65. The van der Waals surface area contributed by atoms with Gasteiger partial charge in [-0.1, -0.05) is 29.8 Å². The minimum absolute atomic E-state index is 0.0928. The lowest BCUT2D eigenvalue weighted by molar-refractivity contribution is -0.156. The summed E-state index contributed by atoms with van der Waals surface area (Å²) >= 11 is 3.41. The van der Waals surface area contributed by atoms with E-state index >= 15 is 0 Å². The van der Waals surface area contributed by atoms with E-state index in [9.17, 15) is 38.7 Å². The van der Waals surface area contributed by atoms with Crippen LogP contribution in [0.1, 0.15) is 132 Å². The minimum atomic E-state index is -1.59. The van der Waals surface area contributed by atoms with Crippen molar-refractivity contribution in [2.45, 2.75) is 181 Å². The third-order valence-electron chi connectivity index (χ3n) is 9.42. The van der Waals surface area contributed by atoms with Crippen molar-refractivity contribution in [3.63, 3.8) is 0 Å². The molecule has 0 saturated carbocycles. The fraction of sp³-hybridized carbons (Fsp3) is 0.698. The third-order valence-corrected chi connectivity index (χ3v) is 10.2. The van der Waals surface area contributed by atoms with Crippen LogP contribution in [0.5, 0.6) is 0 Å². The molecule has 1 fully saturated rings. The van der Waals surface area contributed by atoms with Crippen LogP contribution in [-0.4, -0.2) is 117 Å². The van der Waals surface area contributed by atoms with E-state index in [0.717, 1.165) is 0 Å². The SMILES string of the molecule is CC(C)C[C@H](NC(=O)c1ccc(Br)c(CN)c1)C(=O)N[C@@H](CC(=O)OC(C)(C)C)C(=O)N[C@H](C(=O)N[C@@H](C)[C@@H](C(=O)NC(C)(C)C)N1CCC[C@H]1C(=O)O)[C@@H](C)OC(C)(C)C. The number of carboxylic acids is 1. The summed E-state index contributed by atoms with van der Waals surface area (Å²) < 4.78 is 12.4. The summed E-state index contributed by atoms with van der Waals surface area (Å²) in [5.74, 6) is -5.52. The van der Waals surface area contributed by atoms with Gasteiger partial charge in [-0.15, -0.1) is 0 Å². The summed E-state index contributed by atoms with van der Waals surface area (Å²) in [6.07, 6.45) is -0.633. The number of aliphatic carboxylic acids is 1. The molecular weight excluding hydrogens is 854 g/mol. The first-order valence-corrected chi connectivity index (χ1v) is 21.6. The summed E-state index contributed by atoms with van der Waals surface area (Å²) in [6, 6.07) is -2.38. The van der Waals surface area contributed by atoms with Crippen molar-refractivity contribution in [2.24, 2.45) is 11.7 Å². The molecule has 17 nitrogen and oxygen atoms in total. The molecule has 344 valence electrons. The van der Waals surface area contributed by atoms with Crippen molar-refractivity contribution in [3.05, 3.63) is 33.8 Å². The number of hydrogen-bond acceptors (Lipinski definition) is 11. The highest BCUT2D eigenvalue weighted by molar-refractivity contribution is 9.10. The molecule has 0 radical (unpaired) electrons. The molecule has 8 N–H and O–H groups in total. The van der Waals surface area contributed by atoms with Crippen molar-refractivity contribution < 1.29 is 48.1 Å². The zero-order chi connectivity index (χ0) is 46.8. The van der Waals surface area contributed by atoms with Crippen molar-refractivity contribution >= 4 is 57.4 Å². The van der Waals surface area contributed by atoms with Gasteiger partial charge in [0.05, 0.1) is 24.2 Å². The van der Waals surface area contributed by atoms with Gasteiger partial charge < -0.3 is 46.9 Å². The number of hydrogen-bond donors (Lipinski definition) is 7. The summed E-state index contributed by atoms with van der Waals surface area (Å²) in [4.78, 5) is 97.1. The molecule has 1 aromatic rings. The van der Waals surface area contributed by atoms with E-state index in [4.69, 9.17) is 15.2 Å². The van der Waals surface area contributed by atoms with E-state index in [1.807, 2.05) is 13.8 Å². The Balaban J connectivity index is 2.54. The molecule has 5 amide bonds. The fourth-order valence-electron chi connectivity index (χ4n) is 7.01. The van der Waals surface area contributed by atoms with Crippen LogP contribution in [0, 0.1) is 5.92 Å². The molecule has 0 unspecified atom stereocenters. The average Bonchev–Trinajstić information content (AvgIpc) is 3.57. The number of likely N-dealkylation sites (tertiary alicyclic amines) is 1. The van der Waals surface area contributed by atoms with Crippen LogP contribution in [0.3, 0.4) is 0 Å². The van der Waals surface area contributed by atoms with Crippen molar-refractivity contribution in [1.29, 1.82) is 0 Å². The maximum Gasteiger partial charge on any atom is 0.320 e. The van der Waals surface area contributed by atoms with Crippen LogP contribution in [0.15, 0.2) is 22.7 Å². The van der Waals surface area contributed by atoms with Gasteiger partial charge in [0, 0.05) is 22.1 Å². The Hall–Kier alpha value is -4.13. The van der Waals surface area contributed by atoms with Crippen LogP contribution in [0.2, 0.25) is 0 Å². The largest absolute Gasteiger partial charge is 0.480 e. The molecular formula is C43H70BrN7O10. The maximum absolute atomic E-state index is 14.4. The highest BCUT2D eigenvalue weighted by Crippen LogP contribution is 2.24. The van der Waals surface area contributed by atoms with E-state index in [1.54, 1.807) is 99.3 Å². The molecule has 1 heterocycles. The molecule has 1 aliphatic heterocycles. The third kappa shape index (κ3) is 17.6. The lowest BCUT2D eigenvalue weighted by Gasteiger charge is -2.37. The molecule has 0 aliphatic carbocycles. The van der Waals surface area contributed by atoms with Crippen molar-refractivity contribution in [2.75, 3.05) is 6.54 Å². The van der Waals surface area contributed by atoms with Gasteiger partial charge in [0.25, 0.3) is 5.91 Å². The van der Waals surface area contributed by atoms with Crippen molar-refractivity contribution in [1.82, 2.24) is 31.5 Å². The number of halogens is 1. The van der Waals surface area contributed by atoms with E-state index in [2.05, 4.69) is 42.5 Å². The number of amides is 5. The highest BCUT2D eigenvalue weighted by Gasteiger charge is 2.44. The maximum atomic E-state index is 14.4. The number of benzene rings is 1. The number of carbonyl (C=O) groups excluding carboxylic acids is 6. The Kier molecular flexibility index (Phi) is 19.4. The lowest BCUT2D eigenvalue weighted by atomic mass is 10.0. The summed E-state index contributed by atoms with van der Waals surface area (Å²) in [7, 11) is 0. The van der Waals surface area contributed by atoms with Crippen LogP contribution < -0.4 is 32.3 Å². The van der Waals surface area contributed by atoms with Gasteiger partial charge in [0.15, 0.2) is 0 Å². The van der Waals surface area contributed by atoms with Crippen LogP contribution in [-0.2, 0) is 44.8 Å². The summed E-state index contributed by atoms with van der Waals surface area (Å²) in [5, 5.41) is 23.8. The second-order valence-electron chi connectivity index (χ2n) is 19.2. The normalized spacial score (nSPS) is 17.9. The van der Waals surface area contributed by atoms with E-state index < -0.39 is 107 Å². The monoisotopic (exact) mass is 923 g/mol. The predicted molar refractivity (Wildman–Crippen MR) is 234 cm³/mol. The van der Waals surface area contributed by atoms with Gasteiger partial charge >= 0.3 is 11.9 Å². The number of carboxylic acid groups (broad SMARTS) is 1. The van der Waals surface area contributed by atoms with Gasteiger partial charge in [-0.2, -0.15) is 0 Å². The second-order valence-corrected chi connectivity index (χ2v) is 20.0. The Bertz CT molecular complexity index is 1740. The molecule has 7 atom stereocenters. The zero-order valence-corrected chi connectivity index (χ0v) is 39.7. The van der Waals surface area contributed by atoms with Crippen molar-refractivity contribution in [3.8, 4) is 0 Å². The van der Waals surface area contributed by atoms with Crippen LogP contribution in [0.25, 0.3) is 0 Å². The molecule has 61 heavy (non-hydrogen) atoms. The second kappa shape index (κ2) is 22.3. The Morgan fingerprint density at radius 3 is 1.97 bits per heavy atom. The molecule has 18 heteroatoms. The molecule has 0 spiro atoms. The summed E-state index contributed by atoms with van der Waals surface area (Å²) in [6.45, 7) is 22.9. The number of carbonyl (C=O) groups is 7. The van der Waals surface area contributed by atoms with E-state index in [-0.39, 0.29) is 24.4 Å². The Morgan fingerprint density at radius 2 is 1.44 bits per heavy atom. The number of esters is 1. The topological polar surface area (TPSA) is 248 Å². The van der Waals surface area contributed by atoms with Crippen LogP contribution in [0.4, 0.5) is 0 Å². The average molecular weight is 925 g/mol. The van der Waals surface area contributed by atoms with Gasteiger partial charge in [-0.3, -0.25) is 38.5 Å². The van der Waals surface area contributed by atoms with Gasteiger partial charge in [-0.05, 0) is 132 Å². The summed E-state index contributed by atoms with van der Waals surface area (Å²) in [5.41, 5.74) is 4.34. The quantitative estimate of drug-likeness (QED) is 0.0989. The van der Waals surface area contributed by atoms with E-state index in [0.29, 0.717) is 29.4 Å². The van der Waals surface area contributed by atoms with Gasteiger partial charge in [0.2, 0.25) is 23.6 Å². The van der Waals surface area contributed by atoms with Gasteiger partial charge in [0.1, 0.15) is 35.8 Å². The number of nitrogens with two attached hydrogens (primary N) is 1. The highest BCUT2D eigenvalue weighted by atomic mass is 79.9. The predicted octanol–water partition coefficient (Wildman–Crippen LogP) is 3.29. The first kappa shape index (κ1) is 53.0. The molecule has 1 saturated heterocycles. The number of nitrogens with zero attached hydrogens (tertiary/aromatic N) is 1. The fourth-order valence-corrected chi connectivity index (χ4v) is 7.42. The Labute approximate surface area is 369 Å². The molecule has 0 aromatic heterocycles.